The van der Waals surface area contributed by atoms with Crippen LogP contribution in [-0.2, 0) is 34.1 Å². The summed E-state index contributed by atoms with van der Waals surface area (Å²) >= 11 is 0. The van der Waals surface area contributed by atoms with Crippen molar-refractivity contribution in [1.82, 2.24) is 0 Å². The molecule has 0 aromatic carbocycles. The fourth-order valence-electron chi connectivity index (χ4n) is 5.12. The number of aliphatic hydroxyl groups is 3. The Morgan fingerprint density at radius 2 is 1.12 bits per heavy atom. The number of hydrogen-bond donors (Lipinski definition) is 3. The molecule has 5 fully saturated rings. The number of rotatable bonds is 7. The van der Waals surface area contributed by atoms with Crippen LogP contribution in [0.3, 0.4) is 0 Å². The molecule has 0 aromatic rings. The largest absolute Gasteiger partial charge is 2.00 e. The molecular weight excluding hydrogens is 519 g/mol. The Hall–Kier alpha value is 0.639. The molecule has 0 bridgehead atoms. The van der Waals surface area contributed by atoms with Gasteiger partial charge in [0.15, 0.2) is 6.29 Å². The third kappa shape index (κ3) is 7.32. The quantitative estimate of drug-likeness (QED) is 0.291. The van der Waals surface area contributed by atoms with Gasteiger partial charge in [0, 0.05) is 0 Å². The van der Waals surface area contributed by atoms with Crippen molar-refractivity contribution >= 4 is 0 Å². The van der Waals surface area contributed by atoms with Crippen molar-refractivity contribution < 1.29 is 65.9 Å². The van der Waals surface area contributed by atoms with E-state index in [1.165, 1.54) is 0 Å². The monoisotopic (exact) mass is 558 g/mol. The van der Waals surface area contributed by atoms with E-state index in [0.29, 0.717) is 59.9 Å². The molecule has 5 rings (SSSR count). The van der Waals surface area contributed by atoms with Gasteiger partial charge in [0.2, 0.25) is 0 Å². The van der Waals surface area contributed by atoms with Gasteiger partial charge in [0.25, 0.3) is 0 Å². The van der Waals surface area contributed by atoms with Crippen LogP contribution in [0.2, 0.25) is 0 Å². The summed E-state index contributed by atoms with van der Waals surface area (Å²) < 4.78 is 0. The van der Waals surface area contributed by atoms with Gasteiger partial charge in [-0.15, -0.1) is 37.3 Å². The van der Waals surface area contributed by atoms with Gasteiger partial charge >= 0.3 is 34.1 Å². The summed E-state index contributed by atoms with van der Waals surface area (Å²) in [6, 6.07) is 1.29. The zero-order valence-corrected chi connectivity index (χ0v) is 20.3. The molecule has 0 spiro atoms. The molecule has 5 aliphatic rings. The van der Waals surface area contributed by atoms with E-state index in [4.69, 9.17) is 32.3 Å². The second-order valence-corrected chi connectivity index (χ2v) is 9.55. The number of nitrogens with zero attached hydrogens (tertiary/aromatic N) is 2. The van der Waals surface area contributed by atoms with E-state index in [1.54, 1.807) is 6.92 Å². The van der Waals surface area contributed by atoms with Crippen LogP contribution in [0.5, 0.6) is 0 Å². The average Bonchev–Trinajstić information content (AvgIpc) is 3.49. The van der Waals surface area contributed by atoms with Gasteiger partial charge in [0.05, 0.1) is 6.10 Å². The van der Waals surface area contributed by atoms with Crippen molar-refractivity contribution in [2.24, 2.45) is 41.4 Å². The molecule has 6 unspecified atom stereocenters. The van der Waals surface area contributed by atoms with Crippen molar-refractivity contribution in [2.75, 3.05) is 13.1 Å². The first-order valence-electron chi connectivity index (χ1n) is 10.6. The van der Waals surface area contributed by atoms with E-state index < -0.39 is 6.29 Å². The van der Waals surface area contributed by atoms with E-state index in [-0.39, 0.29) is 68.8 Å². The molecule has 12 heteroatoms. The Morgan fingerprint density at radius 1 is 0.812 bits per heavy atom. The zero-order chi connectivity index (χ0) is 19.5. The first-order valence-corrected chi connectivity index (χ1v) is 10.6. The smallest absolute Gasteiger partial charge is 0.674 e. The fraction of sp³-hybridized carbons (Fsp3) is 1.00. The zero-order valence-electron chi connectivity index (χ0n) is 18.4. The molecular formula is C20H40Cu2N4O6. The molecule has 5 saturated carbocycles. The molecule has 32 heavy (non-hydrogen) atoms. The molecule has 6 atom stereocenters. The van der Waals surface area contributed by atoms with Gasteiger partial charge in [-0.3, -0.25) is 0 Å². The van der Waals surface area contributed by atoms with Gasteiger partial charge in [-0.25, -0.2) is 0 Å². The van der Waals surface area contributed by atoms with Crippen molar-refractivity contribution in [1.29, 1.82) is 0 Å². The van der Waals surface area contributed by atoms with Crippen LogP contribution in [0.1, 0.15) is 33.1 Å². The summed E-state index contributed by atoms with van der Waals surface area (Å²) in [7, 11) is 0. The Kier molecular flexibility index (Phi) is 14.9. The Balaban J connectivity index is 0. The van der Waals surface area contributed by atoms with Crippen LogP contribution in [0.15, 0.2) is 0 Å². The van der Waals surface area contributed by atoms with Crippen molar-refractivity contribution in [2.45, 2.75) is 69.7 Å². The fourth-order valence-corrected chi connectivity index (χ4v) is 5.12. The van der Waals surface area contributed by atoms with Crippen molar-refractivity contribution in [3.63, 3.8) is 0 Å². The van der Waals surface area contributed by atoms with E-state index in [2.05, 4.69) is 6.92 Å². The molecule has 0 aromatic heterocycles. The van der Waals surface area contributed by atoms with Gasteiger partial charge in [-0.05, 0) is 37.0 Å². The SMILES string of the molecule is CC1CC(C[N-]C2C3C([NH-])C23)C(O)C(C[N-]C2C3C([NH-])C23)C1.CCC(O)O.O.O.O.[Cu+2].[Cu+2]. The maximum atomic E-state index is 10.7. The summed E-state index contributed by atoms with van der Waals surface area (Å²) in [5.74, 6) is 3.54. The van der Waals surface area contributed by atoms with Crippen LogP contribution < -0.4 is 0 Å². The minimum Gasteiger partial charge on any atom is -0.674 e. The molecule has 11 N–H and O–H groups in total. The van der Waals surface area contributed by atoms with Crippen LogP contribution in [0.4, 0.5) is 0 Å². The minimum absolute atomic E-state index is 0. The van der Waals surface area contributed by atoms with Crippen LogP contribution in [-0.4, -0.2) is 81.4 Å². The topological polar surface area (TPSA) is 231 Å². The Morgan fingerprint density at radius 3 is 1.38 bits per heavy atom. The molecule has 5 aliphatic carbocycles. The van der Waals surface area contributed by atoms with Crippen LogP contribution >= 0.6 is 0 Å². The van der Waals surface area contributed by atoms with Gasteiger partial charge < -0.3 is 53.8 Å². The number of fused-ring (bicyclic) bond motifs is 2. The maximum Gasteiger partial charge on any atom is 2.00 e. The predicted octanol–water partition coefficient (Wildman–Crippen LogP) is 0.0830. The first kappa shape index (κ1) is 34.8. The van der Waals surface area contributed by atoms with E-state index in [1.807, 2.05) is 0 Å². The summed E-state index contributed by atoms with van der Waals surface area (Å²) in [5.41, 5.74) is 15.2. The Labute approximate surface area is 211 Å². The summed E-state index contributed by atoms with van der Waals surface area (Å²) in [6.45, 7) is 5.56. The summed E-state index contributed by atoms with van der Waals surface area (Å²) in [4.78, 5) is 0. The van der Waals surface area contributed by atoms with Gasteiger partial charge in [-0.2, -0.15) is 0 Å². The molecule has 2 radical (unpaired) electrons. The van der Waals surface area contributed by atoms with Gasteiger partial charge in [-0.1, -0.05) is 37.5 Å². The third-order valence-electron chi connectivity index (χ3n) is 7.40. The Bertz CT molecular complexity index is 494. The number of aliphatic hydroxyl groups excluding tert-OH is 2. The normalized spacial score (nSPS) is 45.4. The molecule has 0 amide bonds. The van der Waals surface area contributed by atoms with Crippen LogP contribution in [0, 0.1) is 41.4 Å². The second kappa shape index (κ2) is 13.7. The maximum absolute atomic E-state index is 10.7. The van der Waals surface area contributed by atoms with Crippen LogP contribution in [0.25, 0.3) is 22.1 Å². The standard InChI is InChI=1S/C17H26N4O.C3H8O2.2Cu.3H2O/c1-6-2-7(4-20-15-9-10(15)13(9)18)17(22)8(3-6)5-21-16-11-12(16)14(11)19;1-2-3(4)5;;;;;/h6-19,22H,2-5H2,1H3;3-5H,2H2,1H3;;;3*1H2/q-4;;2*+2;;;. The average molecular weight is 560 g/mol. The van der Waals surface area contributed by atoms with Crippen molar-refractivity contribution in [3.8, 4) is 0 Å². The van der Waals surface area contributed by atoms with Crippen molar-refractivity contribution in [3.05, 3.63) is 22.1 Å². The molecule has 0 aliphatic heterocycles. The molecule has 0 heterocycles. The molecule has 0 saturated heterocycles. The molecule has 198 valence electrons. The van der Waals surface area contributed by atoms with E-state index >= 15 is 0 Å². The molecule has 10 nitrogen and oxygen atoms in total. The minimum atomic E-state index is -1.12. The van der Waals surface area contributed by atoms with E-state index in [0.717, 1.165) is 25.9 Å². The first-order chi connectivity index (χ1) is 12.8. The predicted molar refractivity (Wildman–Crippen MR) is 115 cm³/mol. The summed E-state index contributed by atoms with van der Waals surface area (Å²) in [5, 5.41) is 36.0. The third-order valence-corrected chi connectivity index (χ3v) is 7.40. The van der Waals surface area contributed by atoms with E-state index in [9.17, 15) is 5.11 Å². The second-order valence-electron chi connectivity index (χ2n) is 9.55. The number of nitrogens with one attached hydrogen (secondary N) is 2. The summed E-state index contributed by atoms with van der Waals surface area (Å²) in [6.07, 6.45) is 1.20. The number of hydrogen-bond acceptors (Lipinski definition) is 3. The van der Waals surface area contributed by atoms with Gasteiger partial charge in [0.1, 0.15) is 0 Å².